The predicted molar refractivity (Wildman–Crippen MR) is 68.7 cm³/mol. The SMILES string of the molecule is N#Cc1cc(N(CC(=O)O)CC2CC2)ccc1C(F)(F)F. The fourth-order valence-corrected chi connectivity index (χ4v) is 2.11. The van der Waals surface area contributed by atoms with Gasteiger partial charge in [-0.15, -0.1) is 0 Å². The smallest absolute Gasteiger partial charge is 0.417 e. The summed E-state index contributed by atoms with van der Waals surface area (Å²) in [7, 11) is 0. The van der Waals surface area contributed by atoms with Gasteiger partial charge in [0.05, 0.1) is 17.2 Å². The quantitative estimate of drug-likeness (QED) is 0.908. The minimum atomic E-state index is -4.60. The first-order valence-corrected chi connectivity index (χ1v) is 6.39. The molecule has 0 aliphatic heterocycles. The third-order valence-electron chi connectivity index (χ3n) is 3.30. The molecule has 1 aliphatic rings. The van der Waals surface area contributed by atoms with Crippen molar-refractivity contribution in [1.82, 2.24) is 0 Å². The summed E-state index contributed by atoms with van der Waals surface area (Å²) in [5.41, 5.74) is -1.17. The number of carboxylic acids is 1. The van der Waals surface area contributed by atoms with E-state index in [0.29, 0.717) is 18.2 Å². The molecule has 1 aromatic rings. The molecule has 1 aromatic carbocycles. The van der Waals surface area contributed by atoms with Crippen LogP contribution in [0.3, 0.4) is 0 Å². The Morgan fingerprint density at radius 3 is 2.57 bits per heavy atom. The van der Waals surface area contributed by atoms with Crippen LogP contribution in [0, 0.1) is 17.2 Å². The molecule has 0 heterocycles. The number of carboxylic acid groups (broad SMARTS) is 1. The molecule has 0 saturated heterocycles. The predicted octanol–water partition coefficient (Wildman–Crippen LogP) is 2.88. The highest BCUT2D eigenvalue weighted by Gasteiger charge is 2.34. The van der Waals surface area contributed by atoms with Gasteiger partial charge in [0.25, 0.3) is 0 Å². The molecular weight excluding hydrogens is 285 g/mol. The second-order valence-electron chi connectivity index (χ2n) is 5.06. The zero-order valence-electron chi connectivity index (χ0n) is 11.0. The molecule has 0 atom stereocenters. The van der Waals surface area contributed by atoms with E-state index in [1.807, 2.05) is 0 Å². The lowest BCUT2D eigenvalue weighted by Gasteiger charge is -2.23. The van der Waals surface area contributed by atoms with Gasteiger partial charge in [-0.2, -0.15) is 18.4 Å². The molecule has 0 radical (unpaired) electrons. The third-order valence-corrected chi connectivity index (χ3v) is 3.30. The van der Waals surface area contributed by atoms with E-state index in [0.717, 1.165) is 25.0 Å². The summed E-state index contributed by atoms with van der Waals surface area (Å²) in [5.74, 6) is -0.689. The van der Waals surface area contributed by atoms with Crippen LogP contribution in [0.4, 0.5) is 18.9 Å². The van der Waals surface area contributed by atoms with E-state index in [2.05, 4.69) is 0 Å². The fourth-order valence-electron chi connectivity index (χ4n) is 2.11. The van der Waals surface area contributed by atoms with Crippen molar-refractivity contribution in [1.29, 1.82) is 5.26 Å². The van der Waals surface area contributed by atoms with Crippen LogP contribution in [0.5, 0.6) is 0 Å². The van der Waals surface area contributed by atoms with Gasteiger partial charge < -0.3 is 10.0 Å². The number of benzene rings is 1. The van der Waals surface area contributed by atoms with Crippen LogP contribution < -0.4 is 4.90 Å². The summed E-state index contributed by atoms with van der Waals surface area (Å²) >= 11 is 0. The Kier molecular flexibility index (Phi) is 4.07. The van der Waals surface area contributed by atoms with Crippen molar-refractivity contribution in [3.05, 3.63) is 29.3 Å². The summed E-state index contributed by atoms with van der Waals surface area (Å²) in [4.78, 5) is 12.4. The number of anilines is 1. The van der Waals surface area contributed by atoms with Gasteiger partial charge in [-0.05, 0) is 37.0 Å². The number of halogens is 3. The Bertz CT molecular complexity index is 589. The Hall–Kier alpha value is -2.23. The molecule has 112 valence electrons. The number of aliphatic carboxylic acids is 1. The molecule has 0 unspecified atom stereocenters. The topological polar surface area (TPSA) is 64.3 Å². The summed E-state index contributed by atoms with van der Waals surface area (Å²) in [6, 6.07) is 4.68. The zero-order valence-corrected chi connectivity index (χ0v) is 11.0. The maximum Gasteiger partial charge on any atom is 0.417 e. The highest BCUT2D eigenvalue weighted by molar-refractivity contribution is 5.74. The number of nitrogens with zero attached hydrogens (tertiary/aromatic N) is 2. The van der Waals surface area contributed by atoms with Crippen LogP contribution in [-0.2, 0) is 11.0 Å². The van der Waals surface area contributed by atoms with E-state index >= 15 is 0 Å². The largest absolute Gasteiger partial charge is 0.480 e. The van der Waals surface area contributed by atoms with Crippen LogP contribution in [0.25, 0.3) is 0 Å². The first-order valence-electron chi connectivity index (χ1n) is 6.39. The van der Waals surface area contributed by atoms with Crippen molar-refractivity contribution in [2.75, 3.05) is 18.0 Å². The molecule has 1 aliphatic carbocycles. The van der Waals surface area contributed by atoms with Crippen LogP contribution in [0.15, 0.2) is 18.2 Å². The minimum absolute atomic E-state index is 0.299. The van der Waals surface area contributed by atoms with E-state index in [4.69, 9.17) is 10.4 Å². The summed E-state index contributed by atoms with van der Waals surface area (Å²) < 4.78 is 38.2. The van der Waals surface area contributed by atoms with Gasteiger partial charge in [-0.3, -0.25) is 4.79 Å². The fraction of sp³-hybridized carbons (Fsp3) is 0.429. The van der Waals surface area contributed by atoms with Gasteiger partial charge in [0.2, 0.25) is 0 Å². The molecule has 21 heavy (non-hydrogen) atoms. The average molecular weight is 298 g/mol. The van der Waals surface area contributed by atoms with Crippen molar-refractivity contribution < 1.29 is 23.1 Å². The minimum Gasteiger partial charge on any atom is -0.480 e. The maximum absolute atomic E-state index is 12.7. The van der Waals surface area contributed by atoms with Crippen LogP contribution in [-0.4, -0.2) is 24.2 Å². The highest BCUT2D eigenvalue weighted by atomic mass is 19.4. The Morgan fingerprint density at radius 2 is 2.10 bits per heavy atom. The Labute approximate surface area is 119 Å². The van der Waals surface area contributed by atoms with E-state index in [-0.39, 0.29) is 6.54 Å². The van der Waals surface area contributed by atoms with Gasteiger partial charge in [0.1, 0.15) is 6.54 Å². The van der Waals surface area contributed by atoms with Crippen LogP contribution >= 0.6 is 0 Å². The van der Waals surface area contributed by atoms with Crippen molar-refractivity contribution in [3.63, 3.8) is 0 Å². The van der Waals surface area contributed by atoms with Crippen molar-refractivity contribution in [2.45, 2.75) is 19.0 Å². The summed E-state index contributed by atoms with van der Waals surface area (Å²) in [6.45, 7) is 0.176. The van der Waals surface area contributed by atoms with Crippen LogP contribution in [0.1, 0.15) is 24.0 Å². The first-order chi connectivity index (χ1) is 9.81. The number of hydrogen-bond acceptors (Lipinski definition) is 3. The average Bonchev–Trinajstić information content (AvgIpc) is 3.19. The highest BCUT2D eigenvalue weighted by Crippen LogP contribution is 2.35. The second-order valence-corrected chi connectivity index (χ2v) is 5.06. The van der Waals surface area contributed by atoms with Crippen molar-refractivity contribution >= 4 is 11.7 Å². The normalized spacial score (nSPS) is 14.6. The Balaban J connectivity index is 2.32. The maximum atomic E-state index is 12.7. The van der Waals surface area contributed by atoms with Gasteiger partial charge in [0.15, 0.2) is 0 Å². The molecule has 0 amide bonds. The van der Waals surface area contributed by atoms with Gasteiger partial charge in [-0.1, -0.05) is 0 Å². The molecule has 0 aromatic heterocycles. The van der Waals surface area contributed by atoms with Gasteiger partial charge >= 0.3 is 12.1 Å². The molecule has 1 fully saturated rings. The molecule has 0 spiro atoms. The molecule has 7 heteroatoms. The van der Waals surface area contributed by atoms with Gasteiger partial charge in [-0.25, -0.2) is 0 Å². The van der Waals surface area contributed by atoms with Gasteiger partial charge in [0, 0.05) is 12.2 Å². The number of hydrogen-bond donors (Lipinski definition) is 1. The van der Waals surface area contributed by atoms with Crippen LogP contribution in [0.2, 0.25) is 0 Å². The third kappa shape index (κ3) is 3.88. The summed E-state index contributed by atoms with van der Waals surface area (Å²) in [5, 5.41) is 17.8. The van der Waals surface area contributed by atoms with E-state index < -0.39 is 23.3 Å². The van der Waals surface area contributed by atoms with E-state index in [1.165, 1.54) is 17.0 Å². The molecule has 1 saturated carbocycles. The lowest BCUT2D eigenvalue weighted by atomic mass is 10.1. The number of nitriles is 1. The molecule has 1 N–H and O–H groups in total. The lowest BCUT2D eigenvalue weighted by Crippen LogP contribution is -2.31. The second kappa shape index (κ2) is 5.64. The van der Waals surface area contributed by atoms with E-state index in [1.54, 1.807) is 0 Å². The molecule has 2 rings (SSSR count). The summed E-state index contributed by atoms with van der Waals surface area (Å²) in [6.07, 6.45) is -2.62. The zero-order chi connectivity index (χ0) is 15.6. The standard InChI is InChI=1S/C14H13F3N2O2/c15-14(16,17)12-4-3-11(5-10(12)6-18)19(8-13(20)21)7-9-1-2-9/h3-5,9H,1-2,7-8H2,(H,20,21). The molecular formula is C14H13F3N2O2. The number of carbonyl (C=O) groups is 1. The number of rotatable bonds is 5. The van der Waals surface area contributed by atoms with Crippen molar-refractivity contribution in [3.8, 4) is 6.07 Å². The monoisotopic (exact) mass is 298 g/mol. The van der Waals surface area contributed by atoms with Crippen molar-refractivity contribution in [2.24, 2.45) is 5.92 Å². The first kappa shape index (κ1) is 15.2. The molecule has 0 bridgehead atoms. The lowest BCUT2D eigenvalue weighted by molar-refractivity contribution is -0.138. The molecule has 4 nitrogen and oxygen atoms in total. The number of alkyl halides is 3. The Morgan fingerprint density at radius 1 is 1.43 bits per heavy atom. The van der Waals surface area contributed by atoms with E-state index in [9.17, 15) is 18.0 Å².